The number of alkyl carbamates (subject to hydrolysis) is 1. The second-order valence-corrected chi connectivity index (χ2v) is 12.9. The van der Waals surface area contributed by atoms with E-state index in [1.165, 1.54) is 89.9 Å². The predicted octanol–water partition coefficient (Wildman–Crippen LogP) is 7.07. The van der Waals surface area contributed by atoms with E-state index in [1.54, 1.807) is 0 Å². The molecule has 1 heterocycles. The van der Waals surface area contributed by atoms with Crippen molar-refractivity contribution in [1.29, 1.82) is 0 Å². The Morgan fingerprint density at radius 1 is 0.865 bits per heavy atom. The predicted molar refractivity (Wildman–Crippen MR) is 154 cm³/mol. The number of carbonyl (C=O) groups is 1. The van der Waals surface area contributed by atoms with E-state index in [-0.39, 0.29) is 18.9 Å². The lowest BCUT2D eigenvalue weighted by Gasteiger charge is -2.28. The molecule has 1 amide bonds. The van der Waals surface area contributed by atoms with Gasteiger partial charge in [-0.25, -0.2) is 17.9 Å². The van der Waals surface area contributed by atoms with Gasteiger partial charge in [0.1, 0.15) is 12.2 Å². The topological polar surface area (TPSA) is 93.7 Å². The van der Waals surface area contributed by atoms with E-state index in [0.717, 1.165) is 19.3 Å². The van der Waals surface area contributed by atoms with Crippen molar-refractivity contribution in [1.82, 2.24) is 10.0 Å². The summed E-state index contributed by atoms with van der Waals surface area (Å²) >= 11 is 5.59. The zero-order chi connectivity index (χ0) is 27.1. The van der Waals surface area contributed by atoms with Crippen molar-refractivity contribution in [3.05, 3.63) is 0 Å². The van der Waals surface area contributed by atoms with Crippen LogP contribution in [0.2, 0.25) is 0 Å². The number of sulfonamides is 1. The molecule has 37 heavy (non-hydrogen) atoms. The Labute approximate surface area is 232 Å². The maximum atomic E-state index is 12.1. The normalized spacial score (nSPS) is 17.8. The molecular weight excluding hydrogens is 512 g/mol. The van der Waals surface area contributed by atoms with Gasteiger partial charge in [-0.15, -0.1) is 11.6 Å². The highest BCUT2D eigenvalue weighted by molar-refractivity contribution is 7.89. The number of halogens is 1. The summed E-state index contributed by atoms with van der Waals surface area (Å²) in [6.45, 7) is 3.54. The highest BCUT2D eigenvalue weighted by atomic mass is 35.5. The van der Waals surface area contributed by atoms with Crippen LogP contribution >= 0.6 is 11.6 Å². The molecule has 0 bridgehead atoms. The van der Waals surface area contributed by atoms with Gasteiger partial charge in [0.05, 0.1) is 5.75 Å². The van der Waals surface area contributed by atoms with Crippen LogP contribution in [0.25, 0.3) is 0 Å². The van der Waals surface area contributed by atoms with Gasteiger partial charge >= 0.3 is 6.09 Å². The van der Waals surface area contributed by atoms with E-state index in [1.807, 2.05) is 0 Å². The largest absolute Gasteiger partial charge is 0.446 e. The molecule has 2 N–H and O–H groups in total. The number of alkyl halides is 1. The van der Waals surface area contributed by atoms with Crippen LogP contribution in [0, 0.1) is 0 Å². The first-order valence-corrected chi connectivity index (χ1v) is 17.2. The van der Waals surface area contributed by atoms with Gasteiger partial charge in [0, 0.05) is 25.6 Å². The van der Waals surface area contributed by atoms with Gasteiger partial charge in [-0.3, -0.25) is 0 Å². The summed E-state index contributed by atoms with van der Waals surface area (Å²) in [7, 11) is -3.42. The van der Waals surface area contributed by atoms with Crippen molar-refractivity contribution >= 4 is 27.7 Å². The Kier molecular flexibility index (Phi) is 20.7. The second kappa shape index (κ2) is 22.3. The molecule has 1 aliphatic heterocycles. The van der Waals surface area contributed by atoms with E-state index >= 15 is 0 Å². The van der Waals surface area contributed by atoms with Crippen molar-refractivity contribution < 1.29 is 22.7 Å². The molecule has 0 aromatic heterocycles. The van der Waals surface area contributed by atoms with E-state index in [9.17, 15) is 13.2 Å². The first-order chi connectivity index (χ1) is 17.9. The molecule has 0 aromatic rings. The summed E-state index contributed by atoms with van der Waals surface area (Å²) < 4.78 is 37.9. The fourth-order valence-electron chi connectivity index (χ4n) is 4.73. The number of unbranched alkanes of at least 4 members (excludes halogenated alkanes) is 15. The number of nitrogens with one attached hydrogen (secondary N) is 2. The van der Waals surface area contributed by atoms with Crippen LogP contribution in [0.15, 0.2) is 0 Å². The molecule has 1 saturated heterocycles. The van der Waals surface area contributed by atoms with Crippen LogP contribution in [-0.2, 0) is 19.5 Å². The highest BCUT2D eigenvalue weighted by Crippen LogP contribution is 2.26. The van der Waals surface area contributed by atoms with Crippen LogP contribution < -0.4 is 10.0 Å². The summed E-state index contributed by atoms with van der Waals surface area (Å²) in [6.07, 6.45) is 22.5. The molecule has 0 aliphatic carbocycles. The van der Waals surface area contributed by atoms with Crippen LogP contribution in [0.5, 0.6) is 0 Å². The average molecular weight is 567 g/mol. The third-order valence-corrected chi connectivity index (χ3v) is 8.79. The Bertz CT molecular complexity index is 657. The fourth-order valence-corrected chi connectivity index (χ4v) is 6.17. The molecule has 0 saturated carbocycles. The van der Waals surface area contributed by atoms with Gasteiger partial charge < -0.3 is 14.8 Å². The van der Waals surface area contributed by atoms with Crippen LogP contribution in [0.1, 0.15) is 129 Å². The number of hydrogen-bond donors (Lipinski definition) is 2. The van der Waals surface area contributed by atoms with E-state index in [2.05, 4.69) is 17.0 Å². The number of ether oxygens (including phenoxy) is 2. The molecule has 0 radical (unpaired) electrons. The summed E-state index contributed by atoms with van der Waals surface area (Å²) in [6, 6.07) is 0. The van der Waals surface area contributed by atoms with Crippen molar-refractivity contribution in [2.24, 2.45) is 0 Å². The minimum Gasteiger partial charge on any atom is -0.446 e. The van der Waals surface area contributed by atoms with Gasteiger partial charge in [-0.1, -0.05) is 103 Å². The first kappa shape index (κ1) is 34.5. The van der Waals surface area contributed by atoms with Crippen molar-refractivity contribution in [3.8, 4) is 0 Å². The van der Waals surface area contributed by atoms with Gasteiger partial charge in [0.2, 0.25) is 10.0 Å². The molecule has 7 nitrogen and oxygen atoms in total. The number of rotatable bonds is 25. The Hall–Kier alpha value is -0.570. The quantitative estimate of drug-likeness (QED) is 0.0910. The lowest BCUT2D eigenvalue weighted by Crippen LogP contribution is -2.47. The molecule has 0 aromatic carbocycles. The third-order valence-electron chi connectivity index (χ3n) is 7.11. The Morgan fingerprint density at radius 3 is 1.89 bits per heavy atom. The lowest BCUT2D eigenvalue weighted by molar-refractivity contribution is -0.0385. The van der Waals surface area contributed by atoms with Crippen molar-refractivity contribution in [2.45, 2.75) is 135 Å². The smallest absolute Gasteiger partial charge is 0.407 e. The molecule has 220 valence electrons. The maximum Gasteiger partial charge on any atom is 0.407 e. The van der Waals surface area contributed by atoms with Crippen LogP contribution in [0.4, 0.5) is 4.79 Å². The molecule has 1 unspecified atom stereocenters. The summed E-state index contributed by atoms with van der Waals surface area (Å²) in [5.74, 6) is 0.276. The molecule has 1 fully saturated rings. The summed E-state index contributed by atoms with van der Waals surface area (Å²) in [5, 5.41) is 2.80. The summed E-state index contributed by atoms with van der Waals surface area (Å²) in [5.41, 5.74) is -0.792. The van der Waals surface area contributed by atoms with Gasteiger partial charge in [-0.05, 0) is 25.7 Å². The number of amides is 1. The van der Waals surface area contributed by atoms with Gasteiger partial charge in [0.25, 0.3) is 0 Å². The second-order valence-electron chi connectivity index (χ2n) is 10.6. The Balaban J connectivity index is 1.97. The van der Waals surface area contributed by atoms with Crippen LogP contribution in [-0.4, -0.2) is 58.0 Å². The monoisotopic (exact) mass is 566 g/mol. The number of carbonyl (C=O) groups excluding carboxylic acids is 1. The highest BCUT2D eigenvalue weighted by Gasteiger charge is 2.37. The first-order valence-electron chi connectivity index (χ1n) is 15.0. The molecule has 1 rings (SSSR count). The zero-order valence-electron chi connectivity index (χ0n) is 23.5. The SMILES string of the molecule is CCCCCCCCCCCCCCCCCCNC(=O)OCC1(CNS(=O)(=O)CCCCl)CCCO1. The fraction of sp³-hybridized carbons (Fsp3) is 0.964. The van der Waals surface area contributed by atoms with Gasteiger partial charge in [-0.2, -0.15) is 0 Å². The van der Waals surface area contributed by atoms with Crippen LogP contribution in [0.3, 0.4) is 0 Å². The van der Waals surface area contributed by atoms with Gasteiger partial charge in [0.15, 0.2) is 0 Å². The number of hydrogen-bond acceptors (Lipinski definition) is 5. The zero-order valence-corrected chi connectivity index (χ0v) is 25.1. The third kappa shape index (κ3) is 19.2. The lowest BCUT2D eigenvalue weighted by atomic mass is 10.0. The molecule has 0 spiro atoms. The average Bonchev–Trinajstić information content (AvgIpc) is 3.36. The Morgan fingerprint density at radius 2 is 1.41 bits per heavy atom. The molecular formula is C28H55ClN2O5S. The standard InChI is InChI=1S/C28H55ClN2O5S/c1-2-3-4-5-6-7-8-9-10-11-12-13-14-15-16-17-22-30-27(32)35-26-28(20-18-23-36-28)25-31-37(33,34)24-19-21-29/h31H,2-26H2,1H3,(H,30,32). The van der Waals surface area contributed by atoms with E-state index < -0.39 is 21.7 Å². The van der Waals surface area contributed by atoms with E-state index in [0.29, 0.717) is 31.9 Å². The molecule has 9 heteroatoms. The minimum absolute atomic E-state index is 0.0206. The molecule has 1 atom stereocenters. The van der Waals surface area contributed by atoms with E-state index in [4.69, 9.17) is 21.1 Å². The van der Waals surface area contributed by atoms with Crippen molar-refractivity contribution in [3.63, 3.8) is 0 Å². The maximum absolute atomic E-state index is 12.1. The molecule has 1 aliphatic rings. The minimum atomic E-state index is -3.42. The van der Waals surface area contributed by atoms with Crippen molar-refractivity contribution in [2.75, 3.05) is 37.9 Å². The summed E-state index contributed by atoms with van der Waals surface area (Å²) in [4.78, 5) is 12.1.